The van der Waals surface area contributed by atoms with Crippen molar-refractivity contribution in [1.29, 1.82) is 0 Å². The van der Waals surface area contributed by atoms with Gasteiger partial charge in [0.15, 0.2) is 0 Å². The second-order valence-corrected chi connectivity index (χ2v) is 5.73. The molecule has 96 valence electrons. The minimum Gasteiger partial charge on any atom is -0.396 e. The largest absolute Gasteiger partial charge is 0.396 e. The Morgan fingerprint density at radius 2 is 1.75 bits per heavy atom. The maximum Gasteiger partial charge on any atom is 0.0446 e. The van der Waals surface area contributed by atoms with E-state index in [2.05, 4.69) is 30.6 Å². The summed E-state index contributed by atoms with van der Waals surface area (Å²) in [6, 6.07) is 0.117. The molecule has 1 aliphatic rings. The molecule has 0 amide bonds. The molecule has 1 fully saturated rings. The van der Waals surface area contributed by atoms with Crippen LogP contribution in [0.15, 0.2) is 0 Å². The van der Waals surface area contributed by atoms with E-state index < -0.39 is 0 Å². The number of aliphatic hydroxyl groups excluding tert-OH is 1. The van der Waals surface area contributed by atoms with Gasteiger partial charge in [-0.05, 0) is 27.2 Å². The van der Waals surface area contributed by atoms with Crippen LogP contribution in [0.1, 0.15) is 27.2 Å². The predicted octanol–water partition coefficient (Wildman–Crippen LogP) is 0.112. The molecule has 0 saturated carbocycles. The third-order valence-corrected chi connectivity index (χ3v) is 3.31. The Labute approximate surface area is 99.4 Å². The molecule has 1 unspecified atom stereocenters. The van der Waals surface area contributed by atoms with Gasteiger partial charge in [-0.1, -0.05) is 0 Å². The van der Waals surface area contributed by atoms with E-state index in [1.54, 1.807) is 0 Å². The van der Waals surface area contributed by atoms with Crippen molar-refractivity contribution in [3.63, 3.8) is 0 Å². The first-order valence-corrected chi connectivity index (χ1v) is 6.27. The van der Waals surface area contributed by atoms with E-state index in [0.717, 1.165) is 32.7 Å². The summed E-state index contributed by atoms with van der Waals surface area (Å²) < 4.78 is 0. The highest BCUT2D eigenvalue weighted by molar-refractivity contribution is 4.83. The number of hydrogen-bond acceptors (Lipinski definition) is 4. The van der Waals surface area contributed by atoms with Crippen LogP contribution in [0.25, 0.3) is 0 Å². The van der Waals surface area contributed by atoms with Crippen molar-refractivity contribution in [2.24, 2.45) is 5.73 Å². The topological polar surface area (TPSA) is 52.7 Å². The Bertz CT molecular complexity index is 195. The van der Waals surface area contributed by atoms with Gasteiger partial charge in [-0.25, -0.2) is 0 Å². The van der Waals surface area contributed by atoms with E-state index in [-0.39, 0.29) is 18.2 Å². The van der Waals surface area contributed by atoms with Crippen LogP contribution in [-0.4, -0.2) is 65.8 Å². The van der Waals surface area contributed by atoms with Crippen molar-refractivity contribution in [3.8, 4) is 0 Å². The summed E-state index contributed by atoms with van der Waals surface area (Å²) in [4.78, 5) is 4.92. The lowest BCUT2D eigenvalue weighted by Crippen LogP contribution is -2.55. The van der Waals surface area contributed by atoms with E-state index in [0.29, 0.717) is 6.42 Å². The summed E-state index contributed by atoms with van der Waals surface area (Å²) in [6.07, 6.45) is 0.708. The molecule has 0 bridgehead atoms. The number of piperazine rings is 1. The number of nitrogens with zero attached hydrogens (tertiary/aromatic N) is 2. The minimum absolute atomic E-state index is 0.117. The SMILES string of the molecule is CC(C)(C)N1CCN(CC(N)CCO)CC1. The average Bonchev–Trinajstić information content (AvgIpc) is 2.17. The van der Waals surface area contributed by atoms with E-state index in [9.17, 15) is 0 Å². The van der Waals surface area contributed by atoms with Gasteiger partial charge in [0.05, 0.1) is 0 Å². The molecule has 1 aliphatic heterocycles. The number of hydrogen-bond donors (Lipinski definition) is 2. The van der Waals surface area contributed by atoms with Crippen LogP contribution in [0.4, 0.5) is 0 Å². The van der Waals surface area contributed by atoms with Gasteiger partial charge in [-0.3, -0.25) is 9.80 Å². The Balaban J connectivity index is 2.27. The van der Waals surface area contributed by atoms with Gasteiger partial charge in [-0.2, -0.15) is 0 Å². The Morgan fingerprint density at radius 1 is 1.19 bits per heavy atom. The Hall–Kier alpha value is -0.160. The molecule has 3 N–H and O–H groups in total. The molecule has 1 rings (SSSR count). The van der Waals surface area contributed by atoms with Crippen LogP contribution < -0.4 is 5.73 Å². The molecule has 1 saturated heterocycles. The van der Waals surface area contributed by atoms with Crippen LogP contribution in [0.3, 0.4) is 0 Å². The van der Waals surface area contributed by atoms with Crippen LogP contribution in [0.5, 0.6) is 0 Å². The molecule has 0 spiro atoms. The smallest absolute Gasteiger partial charge is 0.0446 e. The molecule has 0 aromatic heterocycles. The van der Waals surface area contributed by atoms with Gasteiger partial charge < -0.3 is 10.8 Å². The molecule has 1 atom stereocenters. The van der Waals surface area contributed by atoms with Crippen molar-refractivity contribution in [1.82, 2.24) is 9.80 Å². The highest BCUT2D eigenvalue weighted by atomic mass is 16.3. The number of nitrogens with two attached hydrogens (primary N) is 1. The summed E-state index contributed by atoms with van der Waals surface area (Å²) in [7, 11) is 0. The standard InChI is InChI=1S/C12H27N3O/c1-12(2,3)15-7-5-14(6-8-15)10-11(13)4-9-16/h11,16H,4-10,13H2,1-3H3. The molecule has 4 heteroatoms. The van der Waals surface area contributed by atoms with Crippen molar-refractivity contribution in [3.05, 3.63) is 0 Å². The Kier molecular flexibility index (Phi) is 5.18. The average molecular weight is 229 g/mol. The molecular formula is C12H27N3O. The fourth-order valence-electron chi connectivity index (χ4n) is 2.19. The normalized spacial score (nSPS) is 22.3. The van der Waals surface area contributed by atoms with Crippen molar-refractivity contribution < 1.29 is 5.11 Å². The van der Waals surface area contributed by atoms with Gasteiger partial charge >= 0.3 is 0 Å². The van der Waals surface area contributed by atoms with Crippen molar-refractivity contribution in [2.45, 2.75) is 38.8 Å². The van der Waals surface area contributed by atoms with Crippen LogP contribution >= 0.6 is 0 Å². The van der Waals surface area contributed by atoms with E-state index in [1.807, 2.05) is 0 Å². The van der Waals surface area contributed by atoms with Crippen LogP contribution in [0, 0.1) is 0 Å². The molecule has 0 aromatic carbocycles. The highest BCUT2D eigenvalue weighted by Crippen LogP contribution is 2.15. The number of rotatable bonds is 4. The summed E-state index contributed by atoms with van der Waals surface area (Å²) in [5.74, 6) is 0. The fraction of sp³-hybridized carbons (Fsp3) is 1.00. The van der Waals surface area contributed by atoms with Crippen LogP contribution in [-0.2, 0) is 0 Å². The Morgan fingerprint density at radius 3 is 2.19 bits per heavy atom. The lowest BCUT2D eigenvalue weighted by molar-refractivity contribution is 0.0587. The van der Waals surface area contributed by atoms with Gasteiger partial charge in [0.1, 0.15) is 0 Å². The third-order valence-electron chi connectivity index (χ3n) is 3.31. The van der Waals surface area contributed by atoms with Crippen LogP contribution in [0.2, 0.25) is 0 Å². The van der Waals surface area contributed by atoms with Crippen molar-refractivity contribution >= 4 is 0 Å². The second kappa shape index (κ2) is 5.96. The van der Waals surface area contributed by atoms with Gasteiger partial charge in [0.2, 0.25) is 0 Å². The maximum absolute atomic E-state index is 8.81. The molecular weight excluding hydrogens is 202 g/mol. The second-order valence-electron chi connectivity index (χ2n) is 5.73. The quantitative estimate of drug-likeness (QED) is 0.718. The molecule has 16 heavy (non-hydrogen) atoms. The van der Waals surface area contributed by atoms with E-state index in [4.69, 9.17) is 10.8 Å². The lowest BCUT2D eigenvalue weighted by atomic mass is 10.0. The van der Waals surface area contributed by atoms with Gasteiger partial charge in [0, 0.05) is 50.9 Å². The number of aliphatic hydroxyl groups is 1. The monoisotopic (exact) mass is 229 g/mol. The van der Waals surface area contributed by atoms with E-state index in [1.165, 1.54) is 0 Å². The molecule has 0 radical (unpaired) electrons. The van der Waals surface area contributed by atoms with Crippen molar-refractivity contribution in [2.75, 3.05) is 39.3 Å². The predicted molar refractivity (Wildman–Crippen MR) is 67.4 cm³/mol. The first-order chi connectivity index (χ1) is 7.43. The summed E-state index contributed by atoms with van der Waals surface area (Å²) in [5, 5.41) is 8.81. The zero-order chi connectivity index (χ0) is 12.2. The minimum atomic E-state index is 0.117. The summed E-state index contributed by atoms with van der Waals surface area (Å²) in [5.41, 5.74) is 6.20. The third kappa shape index (κ3) is 4.37. The lowest BCUT2D eigenvalue weighted by Gasteiger charge is -2.42. The highest BCUT2D eigenvalue weighted by Gasteiger charge is 2.26. The fourth-order valence-corrected chi connectivity index (χ4v) is 2.19. The molecule has 1 heterocycles. The summed E-state index contributed by atoms with van der Waals surface area (Å²) in [6.45, 7) is 12.3. The zero-order valence-electron chi connectivity index (χ0n) is 10.9. The summed E-state index contributed by atoms with van der Waals surface area (Å²) >= 11 is 0. The first kappa shape index (κ1) is 13.9. The van der Waals surface area contributed by atoms with Gasteiger partial charge in [0.25, 0.3) is 0 Å². The molecule has 0 aromatic rings. The first-order valence-electron chi connectivity index (χ1n) is 6.27. The zero-order valence-corrected chi connectivity index (χ0v) is 10.9. The van der Waals surface area contributed by atoms with E-state index >= 15 is 0 Å². The molecule has 0 aliphatic carbocycles. The maximum atomic E-state index is 8.81. The molecule has 4 nitrogen and oxygen atoms in total. The van der Waals surface area contributed by atoms with Gasteiger partial charge in [-0.15, -0.1) is 0 Å².